The first kappa shape index (κ1) is 13.7. The van der Waals surface area contributed by atoms with Gasteiger partial charge in [0.1, 0.15) is 0 Å². The second-order valence-corrected chi connectivity index (χ2v) is 2.33. The summed E-state index contributed by atoms with van der Waals surface area (Å²) in [5.41, 5.74) is -0.667. The maximum atomic E-state index is 8.66. The molecule has 0 saturated heterocycles. The van der Waals surface area contributed by atoms with Crippen molar-refractivity contribution in [3.63, 3.8) is 0 Å². The van der Waals surface area contributed by atoms with Gasteiger partial charge in [-0.25, -0.2) is 0 Å². The van der Waals surface area contributed by atoms with Crippen LogP contribution in [0.1, 0.15) is 13.3 Å². The number of hydrogen-bond donors (Lipinski definition) is 3. The number of hydrogen-bond acceptors (Lipinski definition) is 3. The minimum atomic E-state index is -0.667. The fraction of sp³-hybridized carbons (Fsp3) is 1.00. The molecule has 0 aromatic carbocycles. The number of rotatable bonds is 4. The third kappa shape index (κ3) is 3.51. The van der Waals surface area contributed by atoms with E-state index in [-0.39, 0.29) is 57.6 Å². The summed E-state index contributed by atoms with van der Waals surface area (Å²) in [7, 11) is 0. The Hall–Kier alpha value is 1.14. The maximum absolute atomic E-state index is 8.66. The fourth-order valence-electron chi connectivity index (χ4n) is 0.485. The van der Waals surface area contributed by atoms with Crippen molar-refractivity contribution in [2.45, 2.75) is 13.3 Å². The first-order chi connectivity index (χ1) is 4.24. The molecule has 10 heavy (non-hydrogen) atoms. The standard InChI is InChI=1S/C6H14O3.Ca.2H/c1-2-6(3-7,4-8)5-9;;;/h7-9H,2-5H2,1H3;;;. The van der Waals surface area contributed by atoms with Gasteiger partial charge in [0.2, 0.25) is 0 Å². The van der Waals surface area contributed by atoms with Gasteiger partial charge in [-0.2, -0.15) is 0 Å². The van der Waals surface area contributed by atoms with Crippen LogP contribution in [0, 0.1) is 5.41 Å². The average molecular weight is 176 g/mol. The molecular formula is C6H16CaO3. The van der Waals surface area contributed by atoms with Crippen molar-refractivity contribution in [2.75, 3.05) is 19.8 Å². The average Bonchev–Trinajstić information content (AvgIpc) is 1.95. The molecule has 0 bridgehead atoms. The van der Waals surface area contributed by atoms with Crippen molar-refractivity contribution in [1.29, 1.82) is 0 Å². The second-order valence-electron chi connectivity index (χ2n) is 2.33. The van der Waals surface area contributed by atoms with Crippen LogP contribution in [0.15, 0.2) is 0 Å². The molecular weight excluding hydrogens is 160 g/mol. The van der Waals surface area contributed by atoms with Gasteiger partial charge in [0, 0.05) is 5.41 Å². The molecule has 0 rings (SSSR count). The van der Waals surface area contributed by atoms with Crippen molar-refractivity contribution >= 4 is 37.7 Å². The van der Waals surface area contributed by atoms with E-state index in [1.807, 2.05) is 6.92 Å². The summed E-state index contributed by atoms with van der Waals surface area (Å²) < 4.78 is 0. The zero-order valence-corrected chi connectivity index (χ0v) is 5.67. The molecule has 0 aromatic heterocycles. The molecule has 0 aliphatic rings. The molecule has 0 radical (unpaired) electrons. The van der Waals surface area contributed by atoms with Crippen LogP contribution in [0.2, 0.25) is 0 Å². The SMILES string of the molecule is CCC(CO)(CO)CO.[CaH2]. The van der Waals surface area contributed by atoms with Crippen molar-refractivity contribution in [1.82, 2.24) is 0 Å². The van der Waals surface area contributed by atoms with Crippen LogP contribution in [-0.4, -0.2) is 72.9 Å². The molecule has 0 heterocycles. The number of aliphatic hydroxyl groups is 3. The minimum absolute atomic E-state index is 0. The van der Waals surface area contributed by atoms with E-state index in [1.165, 1.54) is 0 Å². The molecule has 0 spiro atoms. The summed E-state index contributed by atoms with van der Waals surface area (Å²) in [5, 5.41) is 26.0. The summed E-state index contributed by atoms with van der Waals surface area (Å²) >= 11 is 0. The van der Waals surface area contributed by atoms with Gasteiger partial charge < -0.3 is 15.3 Å². The third-order valence-electron chi connectivity index (χ3n) is 1.76. The zero-order valence-electron chi connectivity index (χ0n) is 5.67. The Balaban J connectivity index is 0. The summed E-state index contributed by atoms with van der Waals surface area (Å²) in [6, 6.07) is 0. The Kier molecular flexibility index (Phi) is 9.36. The zero-order chi connectivity index (χ0) is 7.33. The van der Waals surface area contributed by atoms with Crippen LogP contribution < -0.4 is 0 Å². The van der Waals surface area contributed by atoms with Crippen LogP contribution in [-0.2, 0) is 0 Å². The second kappa shape index (κ2) is 6.83. The number of aliphatic hydroxyl groups excluding tert-OH is 3. The van der Waals surface area contributed by atoms with E-state index in [0.29, 0.717) is 6.42 Å². The van der Waals surface area contributed by atoms with Crippen LogP contribution >= 0.6 is 0 Å². The van der Waals surface area contributed by atoms with E-state index in [2.05, 4.69) is 0 Å². The predicted molar refractivity (Wildman–Crippen MR) is 42.5 cm³/mol. The molecule has 0 amide bonds. The summed E-state index contributed by atoms with van der Waals surface area (Å²) in [6.45, 7) is 1.35. The molecule has 0 aliphatic carbocycles. The van der Waals surface area contributed by atoms with Crippen molar-refractivity contribution < 1.29 is 15.3 Å². The van der Waals surface area contributed by atoms with Gasteiger partial charge in [0.15, 0.2) is 0 Å². The molecule has 0 fully saturated rings. The van der Waals surface area contributed by atoms with E-state index in [1.54, 1.807) is 0 Å². The van der Waals surface area contributed by atoms with Crippen LogP contribution in [0.3, 0.4) is 0 Å². The first-order valence-corrected chi connectivity index (χ1v) is 3.07. The Morgan fingerprint density at radius 2 is 1.30 bits per heavy atom. The van der Waals surface area contributed by atoms with Crippen LogP contribution in [0.4, 0.5) is 0 Å². The molecule has 0 saturated carbocycles. The molecule has 3 N–H and O–H groups in total. The summed E-state index contributed by atoms with van der Waals surface area (Å²) in [5.74, 6) is 0. The van der Waals surface area contributed by atoms with E-state index in [9.17, 15) is 0 Å². The Bertz CT molecular complexity index is 55.9. The van der Waals surface area contributed by atoms with Crippen LogP contribution in [0.5, 0.6) is 0 Å². The van der Waals surface area contributed by atoms with E-state index in [4.69, 9.17) is 15.3 Å². The van der Waals surface area contributed by atoms with Crippen molar-refractivity contribution in [2.24, 2.45) is 5.41 Å². The van der Waals surface area contributed by atoms with Gasteiger partial charge in [-0.3, -0.25) is 0 Å². The van der Waals surface area contributed by atoms with Gasteiger partial charge in [-0.15, -0.1) is 0 Å². The van der Waals surface area contributed by atoms with Gasteiger partial charge in [-0.1, -0.05) is 6.92 Å². The van der Waals surface area contributed by atoms with E-state index < -0.39 is 5.41 Å². The topological polar surface area (TPSA) is 60.7 Å². The molecule has 60 valence electrons. The fourth-order valence-corrected chi connectivity index (χ4v) is 0.485. The summed E-state index contributed by atoms with van der Waals surface area (Å²) in [4.78, 5) is 0. The third-order valence-corrected chi connectivity index (χ3v) is 1.76. The van der Waals surface area contributed by atoms with Crippen LogP contribution in [0.25, 0.3) is 0 Å². The first-order valence-electron chi connectivity index (χ1n) is 3.07. The molecule has 0 unspecified atom stereocenters. The molecule has 0 atom stereocenters. The van der Waals surface area contributed by atoms with Gasteiger partial charge in [-0.05, 0) is 6.42 Å². The Labute approximate surface area is 91.1 Å². The van der Waals surface area contributed by atoms with Gasteiger partial charge in [0.25, 0.3) is 0 Å². The summed E-state index contributed by atoms with van der Waals surface area (Å²) in [6.07, 6.45) is 0.594. The molecule has 0 aliphatic heterocycles. The van der Waals surface area contributed by atoms with E-state index >= 15 is 0 Å². The Morgan fingerprint density at radius 3 is 1.30 bits per heavy atom. The molecule has 0 aromatic rings. The van der Waals surface area contributed by atoms with E-state index in [0.717, 1.165) is 0 Å². The molecule has 4 heteroatoms. The van der Waals surface area contributed by atoms with Crippen molar-refractivity contribution in [3.05, 3.63) is 0 Å². The van der Waals surface area contributed by atoms with Gasteiger partial charge in [0.05, 0.1) is 19.8 Å². The van der Waals surface area contributed by atoms with Gasteiger partial charge >= 0.3 is 37.7 Å². The quantitative estimate of drug-likeness (QED) is 0.454. The monoisotopic (exact) mass is 176 g/mol. The predicted octanol–water partition coefficient (Wildman–Crippen LogP) is -1.56. The normalized spacial score (nSPS) is 10.8. The van der Waals surface area contributed by atoms with Crippen molar-refractivity contribution in [3.8, 4) is 0 Å². The Morgan fingerprint density at radius 1 is 1.00 bits per heavy atom. The molecule has 3 nitrogen and oxygen atoms in total.